The summed E-state index contributed by atoms with van der Waals surface area (Å²) in [5.74, 6) is -0.0164. The molecule has 26 heavy (non-hydrogen) atoms. The number of anilines is 1. The molecule has 2 N–H and O–H groups in total. The largest absolute Gasteiger partial charge is 0.350 e. The first-order valence-electron chi connectivity index (χ1n) is 8.21. The van der Waals surface area contributed by atoms with Crippen LogP contribution in [0.3, 0.4) is 0 Å². The van der Waals surface area contributed by atoms with Crippen molar-refractivity contribution in [2.45, 2.75) is 19.9 Å². The molecule has 3 aromatic rings. The molecule has 132 valence electrons. The Hall–Kier alpha value is -3.48. The van der Waals surface area contributed by atoms with Crippen LogP contribution in [0.1, 0.15) is 34.6 Å². The Bertz CT molecular complexity index is 901. The molecule has 0 fully saturated rings. The minimum Gasteiger partial charge on any atom is -0.350 e. The van der Waals surface area contributed by atoms with E-state index in [1.807, 2.05) is 26.0 Å². The van der Waals surface area contributed by atoms with Crippen LogP contribution < -0.4 is 10.6 Å². The van der Waals surface area contributed by atoms with E-state index < -0.39 is 0 Å². The second-order valence-corrected chi connectivity index (χ2v) is 6.01. The molecule has 0 atom stereocenters. The van der Waals surface area contributed by atoms with Gasteiger partial charge < -0.3 is 10.6 Å². The van der Waals surface area contributed by atoms with E-state index >= 15 is 0 Å². The number of hydrogen-bond acceptors (Lipinski definition) is 4. The quantitative estimate of drug-likeness (QED) is 0.741. The van der Waals surface area contributed by atoms with Gasteiger partial charge in [0, 0.05) is 41.8 Å². The second-order valence-electron chi connectivity index (χ2n) is 6.01. The monoisotopic (exact) mass is 349 g/mol. The molecule has 3 rings (SSSR count). The zero-order chi connectivity index (χ0) is 18.5. The van der Waals surface area contributed by atoms with E-state index in [4.69, 9.17) is 0 Å². The Morgan fingerprint density at radius 3 is 2.15 bits per heavy atom. The Labute approximate surface area is 151 Å². The average Bonchev–Trinajstić information content (AvgIpc) is 3.10. The van der Waals surface area contributed by atoms with E-state index in [1.165, 1.54) is 0 Å². The molecule has 2 aromatic heterocycles. The van der Waals surface area contributed by atoms with Crippen LogP contribution in [0.15, 0.2) is 61.1 Å². The smallest absolute Gasteiger partial charge is 0.256 e. The van der Waals surface area contributed by atoms with Crippen molar-refractivity contribution in [2.24, 2.45) is 0 Å². The third kappa shape index (κ3) is 4.13. The topological polar surface area (TPSA) is 88.9 Å². The highest BCUT2D eigenvalue weighted by Gasteiger charge is 2.11. The van der Waals surface area contributed by atoms with Gasteiger partial charge in [0.1, 0.15) is 0 Å². The predicted octanol–water partition coefficient (Wildman–Crippen LogP) is 2.66. The number of rotatable bonds is 5. The van der Waals surface area contributed by atoms with Crippen LogP contribution in [-0.4, -0.2) is 32.6 Å². The molecule has 0 radical (unpaired) electrons. The summed E-state index contributed by atoms with van der Waals surface area (Å²) in [6, 6.07) is 11.9. The summed E-state index contributed by atoms with van der Waals surface area (Å²) in [6.45, 7) is 3.79. The first-order chi connectivity index (χ1) is 12.5. The van der Waals surface area contributed by atoms with Gasteiger partial charge in [-0.05, 0) is 50.2 Å². The molecule has 0 aliphatic heterocycles. The minimum absolute atomic E-state index is 0.0565. The molecule has 1 aromatic carbocycles. The second kappa shape index (κ2) is 7.60. The van der Waals surface area contributed by atoms with Gasteiger partial charge in [-0.15, -0.1) is 0 Å². The maximum absolute atomic E-state index is 12.3. The number of nitrogens with one attached hydrogen (secondary N) is 2. The zero-order valence-corrected chi connectivity index (χ0v) is 14.5. The molecule has 7 nitrogen and oxygen atoms in total. The highest BCUT2D eigenvalue weighted by molar-refractivity contribution is 6.04. The Morgan fingerprint density at radius 1 is 0.923 bits per heavy atom. The van der Waals surface area contributed by atoms with Gasteiger partial charge in [0.2, 0.25) is 0 Å². The van der Waals surface area contributed by atoms with Crippen molar-refractivity contribution < 1.29 is 9.59 Å². The molecule has 2 heterocycles. The Morgan fingerprint density at radius 2 is 1.54 bits per heavy atom. The highest BCUT2D eigenvalue weighted by atomic mass is 16.2. The normalized spacial score (nSPS) is 10.6. The minimum atomic E-state index is -0.291. The molecular formula is C19H19N5O2. The fourth-order valence-corrected chi connectivity index (χ4v) is 2.34. The predicted molar refractivity (Wildman–Crippen MR) is 98.4 cm³/mol. The summed E-state index contributed by atoms with van der Waals surface area (Å²) < 4.78 is 1.65. The lowest BCUT2D eigenvalue weighted by Gasteiger charge is -2.08. The van der Waals surface area contributed by atoms with Crippen molar-refractivity contribution in [3.63, 3.8) is 0 Å². The lowest BCUT2D eigenvalue weighted by Crippen LogP contribution is -2.30. The van der Waals surface area contributed by atoms with E-state index in [9.17, 15) is 9.59 Å². The average molecular weight is 349 g/mol. The van der Waals surface area contributed by atoms with Crippen molar-refractivity contribution in [2.75, 3.05) is 5.32 Å². The molecule has 0 aliphatic rings. The maximum atomic E-state index is 12.3. The van der Waals surface area contributed by atoms with Crippen molar-refractivity contribution >= 4 is 17.6 Å². The van der Waals surface area contributed by atoms with Crippen LogP contribution in [0.2, 0.25) is 0 Å². The van der Waals surface area contributed by atoms with Gasteiger partial charge in [0.25, 0.3) is 11.8 Å². The maximum Gasteiger partial charge on any atom is 0.256 e. The van der Waals surface area contributed by atoms with Crippen molar-refractivity contribution in [1.82, 2.24) is 20.1 Å². The summed E-state index contributed by atoms with van der Waals surface area (Å²) in [5.41, 5.74) is 1.81. The van der Waals surface area contributed by atoms with Crippen LogP contribution in [-0.2, 0) is 0 Å². The first-order valence-corrected chi connectivity index (χ1v) is 8.21. The van der Waals surface area contributed by atoms with Crippen LogP contribution in [0.4, 0.5) is 5.82 Å². The van der Waals surface area contributed by atoms with Crippen molar-refractivity contribution in [1.29, 1.82) is 0 Å². The van der Waals surface area contributed by atoms with Crippen molar-refractivity contribution in [3.05, 3.63) is 72.2 Å². The first kappa shape index (κ1) is 17.3. The van der Waals surface area contributed by atoms with E-state index in [0.29, 0.717) is 16.9 Å². The number of benzene rings is 1. The third-order valence-corrected chi connectivity index (χ3v) is 3.59. The molecular weight excluding hydrogens is 330 g/mol. The summed E-state index contributed by atoms with van der Waals surface area (Å²) in [5, 5.41) is 9.87. The van der Waals surface area contributed by atoms with Crippen LogP contribution in [0, 0.1) is 0 Å². The zero-order valence-electron chi connectivity index (χ0n) is 14.5. The standard InChI is InChI=1S/C19H19N5O2/c1-13(2)21-18(25)14-3-5-15(6-4-14)19(26)22-17-9-12-24(23-17)16-7-10-20-11-8-16/h3-13H,1-2H3,(H,21,25)(H,22,23,26). The van der Waals surface area contributed by atoms with E-state index in [0.717, 1.165) is 5.69 Å². The van der Waals surface area contributed by atoms with Gasteiger partial charge in [-0.1, -0.05) is 0 Å². The van der Waals surface area contributed by atoms with Crippen molar-refractivity contribution in [3.8, 4) is 5.69 Å². The lowest BCUT2D eigenvalue weighted by atomic mass is 10.1. The van der Waals surface area contributed by atoms with Gasteiger partial charge in [-0.2, -0.15) is 5.10 Å². The van der Waals surface area contributed by atoms with Gasteiger partial charge in [-0.3, -0.25) is 14.6 Å². The molecule has 0 saturated heterocycles. The van der Waals surface area contributed by atoms with Gasteiger partial charge >= 0.3 is 0 Å². The number of nitrogens with zero attached hydrogens (tertiary/aromatic N) is 3. The molecule has 0 bridgehead atoms. The third-order valence-electron chi connectivity index (χ3n) is 3.59. The molecule has 2 amide bonds. The molecule has 0 saturated carbocycles. The fraction of sp³-hybridized carbons (Fsp3) is 0.158. The summed E-state index contributed by atoms with van der Waals surface area (Å²) >= 11 is 0. The van der Waals surface area contributed by atoms with Crippen LogP contribution in [0.25, 0.3) is 5.69 Å². The Kier molecular flexibility index (Phi) is 5.07. The number of amides is 2. The Balaban J connectivity index is 1.67. The highest BCUT2D eigenvalue weighted by Crippen LogP contribution is 2.11. The SMILES string of the molecule is CC(C)NC(=O)c1ccc(C(=O)Nc2ccn(-c3ccncc3)n2)cc1. The van der Waals surface area contributed by atoms with Gasteiger partial charge in [0.15, 0.2) is 5.82 Å². The van der Waals surface area contributed by atoms with E-state index in [-0.39, 0.29) is 17.9 Å². The van der Waals surface area contributed by atoms with Gasteiger partial charge in [0.05, 0.1) is 5.69 Å². The molecule has 0 unspecified atom stereocenters. The lowest BCUT2D eigenvalue weighted by molar-refractivity contribution is 0.0941. The summed E-state index contributed by atoms with van der Waals surface area (Å²) in [6.07, 6.45) is 5.10. The summed E-state index contributed by atoms with van der Waals surface area (Å²) in [7, 11) is 0. The van der Waals surface area contributed by atoms with Crippen LogP contribution >= 0.6 is 0 Å². The molecule has 0 spiro atoms. The number of pyridine rings is 1. The molecule has 0 aliphatic carbocycles. The number of carbonyl (C=O) groups excluding carboxylic acids is 2. The number of hydrogen-bond donors (Lipinski definition) is 2. The van der Waals surface area contributed by atoms with Gasteiger partial charge in [-0.25, -0.2) is 4.68 Å². The number of carbonyl (C=O) groups is 2. The van der Waals surface area contributed by atoms with E-state index in [2.05, 4.69) is 20.7 Å². The number of aromatic nitrogens is 3. The van der Waals surface area contributed by atoms with E-state index in [1.54, 1.807) is 53.6 Å². The molecule has 7 heteroatoms. The van der Waals surface area contributed by atoms with Crippen LogP contribution in [0.5, 0.6) is 0 Å². The summed E-state index contributed by atoms with van der Waals surface area (Å²) in [4.78, 5) is 28.2. The fourth-order valence-electron chi connectivity index (χ4n) is 2.34.